The molecule has 0 fully saturated rings. The molecule has 0 aliphatic heterocycles. The Kier molecular flexibility index (Phi) is 5.75. The zero-order valence-corrected chi connectivity index (χ0v) is 14.0. The number of nitrogens with one attached hydrogen (secondary N) is 1. The third kappa shape index (κ3) is 4.61. The fraction of sp³-hybridized carbons (Fsp3) is 0.444. The number of nitrogens with zero attached hydrogens (tertiary/aromatic N) is 1. The van der Waals surface area contributed by atoms with E-state index in [0.29, 0.717) is 0 Å². The van der Waals surface area contributed by atoms with Crippen molar-refractivity contribution in [3.8, 4) is 5.75 Å². The van der Waals surface area contributed by atoms with E-state index in [9.17, 15) is 4.79 Å². The van der Waals surface area contributed by atoms with Gasteiger partial charge in [0.25, 0.3) is 5.56 Å². The Hall–Kier alpha value is -1.75. The topological polar surface area (TPSA) is 55.0 Å². The molecule has 4 nitrogen and oxygen atoms in total. The highest BCUT2D eigenvalue weighted by Crippen LogP contribution is 2.20. The van der Waals surface area contributed by atoms with Gasteiger partial charge in [-0.1, -0.05) is 30.0 Å². The summed E-state index contributed by atoms with van der Waals surface area (Å²) >= 11 is 1.63. The minimum absolute atomic E-state index is 0.0598. The second-order valence-corrected chi connectivity index (χ2v) is 6.80. The molecule has 1 heterocycles. The van der Waals surface area contributed by atoms with Gasteiger partial charge in [0.15, 0.2) is 5.16 Å². The Morgan fingerprint density at radius 2 is 1.96 bits per heavy atom. The van der Waals surface area contributed by atoms with Crippen LogP contribution in [-0.4, -0.2) is 22.3 Å². The van der Waals surface area contributed by atoms with Gasteiger partial charge in [0.2, 0.25) is 0 Å². The molecule has 0 unspecified atom stereocenters. The van der Waals surface area contributed by atoms with Crippen molar-refractivity contribution in [2.24, 2.45) is 0 Å². The van der Waals surface area contributed by atoms with Crippen LogP contribution in [0, 0.1) is 0 Å². The Labute approximate surface area is 140 Å². The van der Waals surface area contributed by atoms with Crippen molar-refractivity contribution in [1.29, 1.82) is 0 Å². The highest BCUT2D eigenvalue weighted by molar-refractivity contribution is 7.99. The number of para-hydroxylation sites is 1. The van der Waals surface area contributed by atoms with Gasteiger partial charge >= 0.3 is 0 Å². The normalized spacial score (nSPS) is 13.6. The lowest BCUT2D eigenvalue weighted by atomic mass is 9.97. The van der Waals surface area contributed by atoms with Gasteiger partial charge in [-0.15, -0.1) is 0 Å². The van der Waals surface area contributed by atoms with Crippen LogP contribution in [0.1, 0.15) is 36.9 Å². The summed E-state index contributed by atoms with van der Waals surface area (Å²) in [6, 6.07) is 9.87. The van der Waals surface area contributed by atoms with E-state index in [1.165, 1.54) is 0 Å². The molecular formula is C18H22N2O2S. The largest absolute Gasteiger partial charge is 0.494 e. The van der Waals surface area contributed by atoms with E-state index in [2.05, 4.69) is 9.97 Å². The molecule has 23 heavy (non-hydrogen) atoms. The quantitative estimate of drug-likeness (QED) is 0.479. The first-order valence-electron chi connectivity index (χ1n) is 8.25. The van der Waals surface area contributed by atoms with Crippen LogP contribution in [-0.2, 0) is 12.8 Å². The van der Waals surface area contributed by atoms with E-state index >= 15 is 0 Å². The number of ether oxygens (including phenoxy) is 1. The van der Waals surface area contributed by atoms with E-state index in [-0.39, 0.29) is 5.56 Å². The molecule has 0 amide bonds. The van der Waals surface area contributed by atoms with Crippen LogP contribution in [0.5, 0.6) is 5.75 Å². The molecule has 0 saturated heterocycles. The van der Waals surface area contributed by atoms with Crippen LogP contribution >= 0.6 is 11.8 Å². The number of rotatable bonds is 7. The predicted octanol–water partition coefficient (Wildman–Crippen LogP) is 3.60. The number of H-pyrrole nitrogens is 1. The lowest BCUT2D eigenvalue weighted by Gasteiger charge is -2.14. The molecule has 122 valence electrons. The van der Waals surface area contributed by atoms with Crippen molar-refractivity contribution in [1.82, 2.24) is 9.97 Å². The number of aromatic amines is 1. The number of thioether (sulfide) groups is 1. The van der Waals surface area contributed by atoms with Gasteiger partial charge in [0, 0.05) is 11.3 Å². The molecule has 1 aromatic carbocycles. The second-order valence-electron chi connectivity index (χ2n) is 5.72. The Balaban J connectivity index is 1.41. The van der Waals surface area contributed by atoms with Crippen molar-refractivity contribution in [3.63, 3.8) is 0 Å². The molecule has 0 saturated carbocycles. The fourth-order valence-electron chi connectivity index (χ4n) is 2.73. The van der Waals surface area contributed by atoms with Gasteiger partial charge in [-0.25, -0.2) is 4.98 Å². The van der Waals surface area contributed by atoms with Crippen molar-refractivity contribution in [3.05, 3.63) is 51.9 Å². The number of hydrogen-bond acceptors (Lipinski definition) is 4. The average Bonchev–Trinajstić information content (AvgIpc) is 2.59. The molecule has 0 radical (unpaired) electrons. The summed E-state index contributed by atoms with van der Waals surface area (Å²) in [7, 11) is 0. The Morgan fingerprint density at radius 3 is 2.83 bits per heavy atom. The van der Waals surface area contributed by atoms with E-state index < -0.39 is 0 Å². The van der Waals surface area contributed by atoms with Crippen molar-refractivity contribution >= 4 is 11.8 Å². The molecule has 2 aromatic rings. The third-order valence-electron chi connectivity index (χ3n) is 3.96. The van der Waals surface area contributed by atoms with Gasteiger partial charge in [-0.2, -0.15) is 0 Å². The lowest BCUT2D eigenvalue weighted by Crippen LogP contribution is -2.21. The van der Waals surface area contributed by atoms with Crippen LogP contribution in [0.3, 0.4) is 0 Å². The Morgan fingerprint density at radius 1 is 1.13 bits per heavy atom. The van der Waals surface area contributed by atoms with Crippen LogP contribution in [0.25, 0.3) is 0 Å². The number of hydrogen-bond donors (Lipinski definition) is 1. The molecule has 1 aliphatic carbocycles. The summed E-state index contributed by atoms with van der Waals surface area (Å²) in [6.07, 6.45) is 6.10. The molecule has 5 heteroatoms. The minimum atomic E-state index is 0.0598. The van der Waals surface area contributed by atoms with Crippen molar-refractivity contribution in [2.75, 3.05) is 12.4 Å². The number of benzene rings is 1. The third-order valence-corrected chi connectivity index (χ3v) is 4.92. The van der Waals surface area contributed by atoms with Gasteiger partial charge < -0.3 is 9.72 Å². The Bertz CT molecular complexity index is 685. The van der Waals surface area contributed by atoms with Crippen molar-refractivity contribution < 1.29 is 4.74 Å². The average molecular weight is 330 g/mol. The van der Waals surface area contributed by atoms with Gasteiger partial charge in [-0.05, 0) is 50.7 Å². The first-order chi connectivity index (χ1) is 11.3. The lowest BCUT2D eigenvalue weighted by molar-refractivity contribution is 0.310. The SMILES string of the molecule is O=c1[nH]c(SCCCCOc2ccccc2)nc2c1CCCC2. The van der Waals surface area contributed by atoms with E-state index in [1.54, 1.807) is 11.8 Å². The number of aryl methyl sites for hydroxylation is 1. The molecule has 1 aromatic heterocycles. The fourth-order valence-corrected chi connectivity index (χ4v) is 3.61. The predicted molar refractivity (Wildman–Crippen MR) is 93.4 cm³/mol. The standard InChI is InChI=1S/C18H22N2O2S/c21-17-15-10-4-5-11-16(15)19-18(20-17)23-13-7-6-12-22-14-8-2-1-3-9-14/h1-3,8-9H,4-7,10-13H2,(H,19,20,21). The van der Waals surface area contributed by atoms with Gasteiger partial charge in [0.1, 0.15) is 5.75 Å². The van der Waals surface area contributed by atoms with E-state index in [0.717, 1.165) is 73.0 Å². The highest BCUT2D eigenvalue weighted by Gasteiger charge is 2.15. The first-order valence-corrected chi connectivity index (χ1v) is 9.24. The van der Waals surface area contributed by atoms with Gasteiger partial charge in [-0.3, -0.25) is 4.79 Å². The van der Waals surface area contributed by atoms with E-state index in [4.69, 9.17) is 4.74 Å². The maximum Gasteiger partial charge on any atom is 0.254 e. The summed E-state index contributed by atoms with van der Waals surface area (Å²) in [6.45, 7) is 0.721. The molecular weight excluding hydrogens is 308 g/mol. The molecule has 1 N–H and O–H groups in total. The highest BCUT2D eigenvalue weighted by atomic mass is 32.2. The van der Waals surface area contributed by atoms with Crippen LogP contribution in [0.15, 0.2) is 40.3 Å². The summed E-state index contributed by atoms with van der Waals surface area (Å²) in [5, 5.41) is 0.764. The maximum atomic E-state index is 12.0. The van der Waals surface area contributed by atoms with E-state index in [1.807, 2.05) is 30.3 Å². The molecule has 3 rings (SSSR count). The molecule has 0 atom stereocenters. The maximum absolute atomic E-state index is 12.0. The van der Waals surface area contributed by atoms with Crippen LogP contribution in [0.2, 0.25) is 0 Å². The minimum Gasteiger partial charge on any atom is -0.494 e. The summed E-state index contributed by atoms with van der Waals surface area (Å²) in [5.41, 5.74) is 1.97. The smallest absolute Gasteiger partial charge is 0.254 e. The second kappa shape index (κ2) is 8.20. The number of aromatic nitrogens is 2. The summed E-state index contributed by atoms with van der Waals surface area (Å²) in [5.74, 6) is 1.86. The number of fused-ring (bicyclic) bond motifs is 1. The van der Waals surface area contributed by atoms with Crippen LogP contribution < -0.4 is 10.3 Å². The zero-order chi connectivity index (χ0) is 15.9. The molecule has 0 spiro atoms. The summed E-state index contributed by atoms with van der Waals surface area (Å²) < 4.78 is 5.67. The first kappa shape index (κ1) is 16.1. The zero-order valence-electron chi connectivity index (χ0n) is 13.2. The molecule has 0 bridgehead atoms. The van der Waals surface area contributed by atoms with Crippen LogP contribution in [0.4, 0.5) is 0 Å². The molecule has 1 aliphatic rings. The summed E-state index contributed by atoms with van der Waals surface area (Å²) in [4.78, 5) is 19.6. The number of unbranched alkanes of at least 4 members (excludes halogenated alkanes) is 1. The van der Waals surface area contributed by atoms with Crippen molar-refractivity contribution in [2.45, 2.75) is 43.7 Å². The van der Waals surface area contributed by atoms with Gasteiger partial charge in [0.05, 0.1) is 12.3 Å². The monoisotopic (exact) mass is 330 g/mol.